The van der Waals surface area contributed by atoms with Crippen molar-refractivity contribution in [2.24, 2.45) is 4.99 Å². The molecule has 4 heterocycles. The molecule has 2 atom stereocenters. The van der Waals surface area contributed by atoms with E-state index < -0.39 is 0 Å². The third kappa shape index (κ3) is 8.75. The molecule has 0 aliphatic carbocycles. The molecule has 2 unspecified atom stereocenters. The SMILES string of the molecule is COc1cc(C=O)c(N=CC2CCCN2C)cc1OCCCC(=O)NC1C=C(C(=O)Nc2ccc3sc(C(=O)N4CCOCC4)cc3c2)N(C)C1. The maximum Gasteiger partial charge on any atom is 0.271 e. The molecule has 51 heavy (non-hydrogen) atoms. The van der Waals surface area contributed by atoms with Crippen LogP contribution in [-0.4, -0.2) is 124 Å². The number of morpholine rings is 1. The average molecular weight is 717 g/mol. The smallest absolute Gasteiger partial charge is 0.271 e. The number of amides is 3. The summed E-state index contributed by atoms with van der Waals surface area (Å²) < 4.78 is 17.7. The molecule has 270 valence electrons. The van der Waals surface area contributed by atoms with Crippen LogP contribution in [-0.2, 0) is 14.3 Å². The third-order valence-corrected chi connectivity index (χ3v) is 10.4. The van der Waals surface area contributed by atoms with Gasteiger partial charge in [0, 0.05) is 67.4 Å². The second-order valence-corrected chi connectivity index (χ2v) is 14.0. The van der Waals surface area contributed by atoms with Crippen molar-refractivity contribution in [3.05, 3.63) is 58.6 Å². The summed E-state index contributed by atoms with van der Waals surface area (Å²) in [6.07, 6.45) is 7.18. The fourth-order valence-electron chi connectivity index (χ4n) is 6.47. The highest BCUT2D eigenvalue weighted by Crippen LogP contribution is 2.35. The van der Waals surface area contributed by atoms with Gasteiger partial charge in [-0.15, -0.1) is 11.3 Å². The number of aliphatic imine (C=N–C) groups is 1. The van der Waals surface area contributed by atoms with E-state index in [-0.39, 0.29) is 42.8 Å². The number of anilines is 1. The summed E-state index contributed by atoms with van der Waals surface area (Å²) in [5, 5.41) is 6.84. The minimum absolute atomic E-state index is 0.00342. The molecule has 1 aromatic heterocycles. The standard InChI is InChI=1S/C37H44N6O7S/c1-41-10-4-6-28(41)21-38-29-20-32(31(48-3)17-25(29)23-44)50-13-5-7-35(45)39-27-19-30(42(2)22-27)36(46)40-26-8-9-33-24(16-26)18-34(51-33)37(47)43-11-14-49-15-12-43/h8-9,16-21,23,27-28H,4-7,10-15,22H2,1-3H3,(H,39,45)(H,40,46). The van der Waals surface area contributed by atoms with Crippen LogP contribution in [0.2, 0.25) is 0 Å². The number of nitrogens with zero attached hydrogens (tertiary/aromatic N) is 4. The minimum atomic E-state index is -0.326. The number of rotatable bonds is 13. The zero-order chi connectivity index (χ0) is 35.9. The Hall–Kier alpha value is -4.79. The summed E-state index contributed by atoms with van der Waals surface area (Å²) in [6.45, 7) is 3.98. The molecule has 3 aromatic rings. The molecule has 3 amide bonds. The van der Waals surface area contributed by atoms with Gasteiger partial charge >= 0.3 is 0 Å². The van der Waals surface area contributed by atoms with Gasteiger partial charge in [-0.2, -0.15) is 0 Å². The largest absolute Gasteiger partial charge is 0.493 e. The van der Waals surface area contributed by atoms with Gasteiger partial charge in [-0.05, 0) is 74.6 Å². The first-order valence-corrected chi connectivity index (χ1v) is 18.0. The van der Waals surface area contributed by atoms with Gasteiger partial charge in [0.1, 0.15) is 5.70 Å². The topological polar surface area (TPSA) is 142 Å². The molecule has 3 aliphatic rings. The van der Waals surface area contributed by atoms with Crippen molar-refractivity contribution < 1.29 is 33.4 Å². The Bertz CT molecular complexity index is 1830. The van der Waals surface area contributed by atoms with Crippen LogP contribution >= 0.6 is 11.3 Å². The number of carbonyl (C=O) groups is 4. The molecule has 2 fully saturated rings. The summed E-state index contributed by atoms with van der Waals surface area (Å²) in [6, 6.07) is 10.7. The average Bonchev–Trinajstić information content (AvgIpc) is 3.86. The first-order valence-electron chi connectivity index (χ1n) is 17.2. The van der Waals surface area contributed by atoms with E-state index in [2.05, 4.69) is 27.6 Å². The summed E-state index contributed by atoms with van der Waals surface area (Å²) in [5.41, 5.74) is 2.00. The predicted octanol–water partition coefficient (Wildman–Crippen LogP) is 4.10. The first-order chi connectivity index (χ1) is 24.7. The Labute approximate surface area is 301 Å². The third-order valence-electron chi connectivity index (χ3n) is 9.31. The number of aldehydes is 1. The number of hydrogen-bond acceptors (Lipinski definition) is 11. The van der Waals surface area contributed by atoms with Gasteiger partial charge in [0.25, 0.3) is 11.8 Å². The van der Waals surface area contributed by atoms with E-state index in [1.54, 1.807) is 23.1 Å². The van der Waals surface area contributed by atoms with Crippen molar-refractivity contribution in [2.75, 3.05) is 72.5 Å². The van der Waals surface area contributed by atoms with E-state index in [0.29, 0.717) is 78.3 Å². The lowest BCUT2D eigenvalue weighted by Gasteiger charge is -2.26. The van der Waals surface area contributed by atoms with E-state index in [1.807, 2.05) is 42.4 Å². The molecule has 0 bridgehead atoms. The van der Waals surface area contributed by atoms with Crippen LogP contribution < -0.4 is 20.1 Å². The number of hydrogen-bond donors (Lipinski definition) is 2. The zero-order valence-corrected chi connectivity index (χ0v) is 30.0. The number of methoxy groups -OCH3 is 1. The van der Waals surface area contributed by atoms with Crippen molar-refractivity contribution in [3.63, 3.8) is 0 Å². The maximum atomic E-state index is 13.2. The highest BCUT2D eigenvalue weighted by molar-refractivity contribution is 7.20. The highest BCUT2D eigenvalue weighted by atomic mass is 32.1. The van der Waals surface area contributed by atoms with Gasteiger partial charge in [-0.25, -0.2) is 0 Å². The molecular formula is C37H44N6O7S. The number of likely N-dealkylation sites (N-methyl/N-ethyl adjacent to an activating group) is 1. The van der Waals surface area contributed by atoms with Gasteiger partial charge in [0.15, 0.2) is 17.8 Å². The maximum absolute atomic E-state index is 13.2. The van der Waals surface area contributed by atoms with E-state index >= 15 is 0 Å². The van der Waals surface area contributed by atoms with Crippen LogP contribution in [0.15, 0.2) is 53.2 Å². The molecular weight excluding hydrogens is 673 g/mol. The Morgan fingerprint density at radius 1 is 1.08 bits per heavy atom. The molecule has 3 aliphatic heterocycles. The van der Waals surface area contributed by atoms with Gasteiger partial charge in [0.2, 0.25) is 5.91 Å². The Morgan fingerprint density at radius 2 is 1.90 bits per heavy atom. The second-order valence-electron chi connectivity index (χ2n) is 12.9. The molecule has 2 aromatic carbocycles. The molecule has 6 rings (SSSR count). The molecule has 0 spiro atoms. The quantitative estimate of drug-likeness (QED) is 0.152. The van der Waals surface area contributed by atoms with Crippen LogP contribution in [0.1, 0.15) is 45.7 Å². The number of benzene rings is 2. The van der Waals surface area contributed by atoms with Crippen molar-refractivity contribution in [2.45, 2.75) is 37.8 Å². The van der Waals surface area contributed by atoms with Crippen molar-refractivity contribution in [1.82, 2.24) is 20.0 Å². The molecule has 0 saturated carbocycles. The minimum Gasteiger partial charge on any atom is -0.493 e. The van der Waals surface area contributed by atoms with Gasteiger partial charge in [-0.1, -0.05) is 0 Å². The zero-order valence-electron chi connectivity index (χ0n) is 29.2. The van der Waals surface area contributed by atoms with Gasteiger partial charge in [0.05, 0.1) is 43.5 Å². The van der Waals surface area contributed by atoms with Crippen LogP contribution in [0.4, 0.5) is 11.4 Å². The number of likely N-dealkylation sites (tertiary alicyclic amines) is 1. The highest BCUT2D eigenvalue weighted by Gasteiger charge is 2.27. The molecule has 0 radical (unpaired) electrons. The summed E-state index contributed by atoms with van der Waals surface area (Å²) in [4.78, 5) is 61.8. The lowest BCUT2D eigenvalue weighted by molar-refractivity contribution is -0.121. The lowest BCUT2D eigenvalue weighted by Crippen LogP contribution is -2.40. The first kappa shape index (κ1) is 36.0. The molecule has 14 heteroatoms. The van der Waals surface area contributed by atoms with E-state index in [4.69, 9.17) is 14.2 Å². The van der Waals surface area contributed by atoms with Crippen molar-refractivity contribution in [3.8, 4) is 11.5 Å². The Morgan fingerprint density at radius 3 is 2.65 bits per heavy atom. The monoisotopic (exact) mass is 716 g/mol. The normalized spacial score (nSPS) is 19.4. The van der Waals surface area contributed by atoms with Crippen LogP contribution in [0, 0.1) is 0 Å². The van der Waals surface area contributed by atoms with Crippen LogP contribution in [0.5, 0.6) is 11.5 Å². The molecule has 2 saturated heterocycles. The lowest BCUT2D eigenvalue weighted by atomic mass is 10.1. The Balaban J connectivity index is 0.991. The van der Waals surface area contributed by atoms with Gasteiger partial charge < -0.3 is 34.6 Å². The van der Waals surface area contributed by atoms with E-state index in [9.17, 15) is 19.2 Å². The number of fused-ring (bicyclic) bond motifs is 1. The fraction of sp³-hybridized carbons (Fsp3) is 0.432. The number of ether oxygens (including phenoxy) is 3. The van der Waals surface area contributed by atoms with Crippen LogP contribution in [0.25, 0.3) is 10.1 Å². The fourth-order valence-corrected chi connectivity index (χ4v) is 7.48. The van der Waals surface area contributed by atoms with Crippen molar-refractivity contribution in [1.29, 1.82) is 0 Å². The molecule has 2 N–H and O–H groups in total. The Kier molecular flexibility index (Phi) is 11.6. The van der Waals surface area contributed by atoms with Gasteiger partial charge in [-0.3, -0.25) is 29.1 Å². The number of thiophene rings is 1. The van der Waals surface area contributed by atoms with Crippen molar-refractivity contribution >= 4 is 63.0 Å². The number of carbonyl (C=O) groups excluding carboxylic acids is 4. The summed E-state index contributed by atoms with van der Waals surface area (Å²) >= 11 is 1.44. The second kappa shape index (κ2) is 16.5. The molecule has 13 nitrogen and oxygen atoms in total. The summed E-state index contributed by atoms with van der Waals surface area (Å²) in [7, 11) is 5.38. The predicted molar refractivity (Wildman–Crippen MR) is 197 cm³/mol. The van der Waals surface area contributed by atoms with E-state index in [0.717, 1.165) is 35.8 Å². The number of nitrogens with one attached hydrogen (secondary N) is 2. The summed E-state index contributed by atoms with van der Waals surface area (Å²) in [5.74, 6) is 0.426. The van der Waals surface area contributed by atoms with Crippen LogP contribution in [0.3, 0.4) is 0 Å². The van der Waals surface area contributed by atoms with E-state index in [1.165, 1.54) is 18.4 Å².